The highest BCUT2D eigenvalue weighted by Crippen LogP contribution is 2.25. The zero-order valence-corrected chi connectivity index (χ0v) is 17.4. The van der Waals surface area contributed by atoms with Crippen molar-refractivity contribution >= 4 is 44.8 Å². The molecule has 0 aliphatic rings. The van der Waals surface area contributed by atoms with Crippen LogP contribution in [0, 0.1) is 0 Å². The minimum atomic E-state index is -3.57. The second-order valence-corrected chi connectivity index (χ2v) is 9.00. The Morgan fingerprint density at radius 3 is 2.38 bits per heavy atom. The Hall–Kier alpha value is -2.61. The van der Waals surface area contributed by atoms with E-state index in [2.05, 4.69) is 15.6 Å². The van der Waals surface area contributed by atoms with Gasteiger partial charge in [-0.25, -0.2) is 13.2 Å². The van der Waals surface area contributed by atoms with E-state index < -0.39 is 15.9 Å². The summed E-state index contributed by atoms with van der Waals surface area (Å²) in [5, 5.41) is 6.03. The average molecular weight is 450 g/mol. The smallest absolute Gasteiger partial charge is 0.319 e. The summed E-state index contributed by atoms with van der Waals surface area (Å²) in [6.45, 7) is 0.329. The van der Waals surface area contributed by atoms with Gasteiger partial charge in [-0.2, -0.15) is 0 Å². The van der Waals surface area contributed by atoms with Crippen LogP contribution in [0.4, 0.5) is 10.5 Å². The minimum Gasteiger partial charge on any atom is -0.334 e. The lowest BCUT2D eigenvalue weighted by molar-refractivity contribution is 0.251. The van der Waals surface area contributed by atoms with Crippen LogP contribution in [-0.4, -0.2) is 19.4 Å². The number of aromatic nitrogens is 1. The maximum atomic E-state index is 12.6. The molecule has 2 amide bonds. The van der Waals surface area contributed by atoms with Crippen molar-refractivity contribution in [1.82, 2.24) is 10.3 Å². The molecule has 0 bridgehead atoms. The molecule has 9 heteroatoms. The van der Waals surface area contributed by atoms with Crippen molar-refractivity contribution in [3.63, 3.8) is 0 Å². The fraction of sp³-hybridized carbons (Fsp3) is 0.100. The first-order valence-corrected chi connectivity index (χ1v) is 10.9. The molecule has 29 heavy (non-hydrogen) atoms. The van der Waals surface area contributed by atoms with E-state index in [4.69, 9.17) is 23.2 Å². The SMILES string of the molecule is O=C(NCc1cccnc1)Nc1ccc(S(=O)(=O)Cc2ccc(Cl)c(Cl)c2)cc1. The van der Waals surface area contributed by atoms with E-state index in [1.54, 1.807) is 30.6 Å². The van der Waals surface area contributed by atoms with Gasteiger partial charge in [-0.1, -0.05) is 35.3 Å². The summed E-state index contributed by atoms with van der Waals surface area (Å²) in [4.78, 5) is 16.1. The Kier molecular flexibility index (Phi) is 6.74. The second kappa shape index (κ2) is 9.26. The monoisotopic (exact) mass is 449 g/mol. The lowest BCUT2D eigenvalue weighted by Crippen LogP contribution is -2.28. The first-order chi connectivity index (χ1) is 13.8. The molecule has 2 aromatic carbocycles. The minimum absolute atomic E-state index is 0.143. The molecule has 0 aliphatic heterocycles. The van der Waals surface area contributed by atoms with Crippen molar-refractivity contribution in [2.75, 3.05) is 5.32 Å². The Balaban J connectivity index is 1.61. The maximum Gasteiger partial charge on any atom is 0.319 e. The van der Waals surface area contributed by atoms with Gasteiger partial charge in [0.25, 0.3) is 0 Å². The van der Waals surface area contributed by atoms with E-state index in [1.807, 2.05) is 6.07 Å². The van der Waals surface area contributed by atoms with Crippen molar-refractivity contribution < 1.29 is 13.2 Å². The highest BCUT2D eigenvalue weighted by Gasteiger charge is 2.16. The molecule has 0 spiro atoms. The number of nitrogens with zero attached hydrogens (tertiary/aromatic N) is 1. The molecule has 0 saturated heterocycles. The number of hydrogen-bond donors (Lipinski definition) is 2. The van der Waals surface area contributed by atoms with E-state index in [0.717, 1.165) is 5.56 Å². The van der Waals surface area contributed by atoms with Crippen LogP contribution >= 0.6 is 23.2 Å². The molecule has 6 nitrogen and oxygen atoms in total. The molecule has 0 unspecified atom stereocenters. The van der Waals surface area contributed by atoms with Gasteiger partial charge < -0.3 is 10.6 Å². The Morgan fingerprint density at radius 2 is 1.72 bits per heavy atom. The number of nitrogens with one attached hydrogen (secondary N) is 2. The molecule has 2 N–H and O–H groups in total. The Labute approximate surface area is 178 Å². The molecule has 0 saturated carbocycles. The summed E-state index contributed by atoms with van der Waals surface area (Å²) in [7, 11) is -3.57. The molecular formula is C20H17Cl2N3O3S. The molecule has 1 heterocycles. The van der Waals surface area contributed by atoms with E-state index in [1.165, 1.54) is 30.3 Å². The van der Waals surface area contributed by atoms with Gasteiger partial charge in [-0.3, -0.25) is 4.98 Å². The third-order valence-corrected chi connectivity index (χ3v) is 6.43. The van der Waals surface area contributed by atoms with Gasteiger partial charge in [-0.05, 0) is 53.6 Å². The summed E-state index contributed by atoms with van der Waals surface area (Å²) in [6, 6.07) is 13.9. The van der Waals surface area contributed by atoms with E-state index >= 15 is 0 Å². The van der Waals surface area contributed by atoms with Crippen molar-refractivity contribution in [2.45, 2.75) is 17.2 Å². The highest BCUT2D eigenvalue weighted by molar-refractivity contribution is 7.90. The van der Waals surface area contributed by atoms with E-state index in [0.29, 0.717) is 27.8 Å². The van der Waals surface area contributed by atoms with Crippen molar-refractivity contribution in [1.29, 1.82) is 0 Å². The van der Waals surface area contributed by atoms with Crippen molar-refractivity contribution in [2.24, 2.45) is 0 Å². The Bertz CT molecular complexity index is 1110. The van der Waals surface area contributed by atoms with Crippen LogP contribution in [0.15, 0.2) is 71.9 Å². The summed E-state index contributed by atoms with van der Waals surface area (Å²) in [5.41, 5.74) is 1.88. The zero-order valence-electron chi connectivity index (χ0n) is 15.1. The van der Waals surface area contributed by atoms with Crippen LogP contribution in [0.25, 0.3) is 0 Å². The molecule has 0 fully saturated rings. The number of sulfone groups is 1. The first kappa shape index (κ1) is 21.1. The number of rotatable bonds is 6. The van der Waals surface area contributed by atoms with E-state index in [-0.39, 0.29) is 10.6 Å². The third kappa shape index (κ3) is 5.93. The number of carbonyl (C=O) groups excluding carboxylic acids is 1. The standard InChI is InChI=1S/C20H17Cl2N3O3S/c21-18-8-3-14(10-19(18)22)13-29(27,28)17-6-4-16(5-7-17)25-20(26)24-12-15-2-1-9-23-11-15/h1-11H,12-13H2,(H2,24,25,26). The number of hydrogen-bond acceptors (Lipinski definition) is 4. The van der Waals surface area contributed by atoms with Crippen molar-refractivity contribution in [3.8, 4) is 0 Å². The summed E-state index contributed by atoms with van der Waals surface area (Å²) >= 11 is 11.8. The van der Waals surface area contributed by atoms with Gasteiger partial charge in [0, 0.05) is 24.6 Å². The molecule has 3 aromatic rings. The predicted octanol–water partition coefficient (Wildman–Crippen LogP) is 4.68. The number of amides is 2. The van der Waals surface area contributed by atoms with Crippen LogP contribution in [0.1, 0.15) is 11.1 Å². The lowest BCUT2D eigenvalue weighted by Gasteiger charge is -2.09. The summed E-state index contributed by atoms with van der Waals surface area (Å²) in [6.07, 6.45) is 3.31. The quantitative estimate of drug-likeness (QED) is 0.571. The fourth-order valence-corrected chi connectivity index (χ4v) is 4.19. The Morgan fingerprint density at radius 1 is 0.966 bits per heavy atom. The molecule has 0 radical (unpaired) electrons. The van der Waals surface area contributed by atoms with Gasteiger partial charge in [0.05, 0.1) is 20.7 Å². The van der Waals surface area contributed by atoms with Gasteiger partial charge in [-0.15, -0.1) is 0 Å². The zero-order chi connectivity index (χ0) is 20.9. The molecule has 3 rings (SSSR count). The average Bonchev–Trinajstić information content (AvgIpc) is 2.70. The van der Waals surface area contributed by atoms with Gasteiger partial charge in [0.15, 0.2) is 9.84 Å². The molecular weight excluding hydrogens is 433 g/mol. The number of pyridine rings is 1. The molecule has 1 aromatic heterocycles. The maximum absolute atomic E-state index is 12.6. The van der Waals surface area contributed by atoms with Crippen molar-refractivity contribution in [3.05, 3.63) is 88.2 Å². The predicted molar refractivity (Wildman–Crippen MR) is 114 cm³/mol. The molecule has 0 atom stereocenters. The van der Waals surface area contributed by atoms with Crippen LogP contribution < -0.4 is 10.6 Å². The summed E-state index contributed by atoms with van der Waals surface area (Å²) < 4.78 is 25.2. The number of halogens is 2. The van der Waals surface area contributed by atoms with Crippen LogP contribution in [0.5, 0.6) is 0 Å². The third-order valence-electron chi connectivity index (χ3n) is 3.99. The number of carbonyl (C=O) groups is 1. The van der Waals surface area contributed by atoms with Crippen LogP contribution in [0.3, 0.4) is 0 Å². The normalized spacial score (nSPS) is 11.1. The fourth-order valence-electron chi connectivity index (χ4n) is 2.54. The number of benzene rings is 2. The van der Waals surface area contributed by atoms with Crippen LogP contribution in [0.2, 0.25) is 10.0 Å². The topological polar surface area (TPSA) is 88.2 Å². The first-order valence-electron chi connectivity index (χ1n) is 8.54. The highest BCUT2D eigenvalue weighted by atomic mass is 35.5. The van der Waals surface area contributed by atoms with Crippen LogP contribution in [-0.2, 0) is 22.1 Å². The second-order valence-electron chi connectivity index (χ2n) is 6.20. The summed E-state index contributed by atoms with van der Waals surface area (Å²) in [5.74, 6) is -0.206. The van der Waals surface area contributed by atoms with E-state index in [9.17, 15) is 13.2 Å². The molecule has 150 valence electrons. The molecule has 0 aliphatic carbocycles. The largest absolute Gasteiger partial charge is 0.334 e. The number of urea groups is 1. The van der Waals surface area contributed by atoms with Gasteiger partial charge in [0.1, 0.15) is 0 Å². The number of anilines is 1. The lowest BCUT2D eigenvalue weighted by atomic mass is 10.2. The van der Waals surface area contributed by atoms with Gasteiger partial charge in [0.2, 0.25) is 0 Å². The van der Waals surface area contributed by atoms with Gasteiger partial charge >= 0.3 is 6.03 Å².